The fourth-order valence-electron chi connectivity index (χ4n) is 2.70. The Hall–Kier alpha value is -1.80. The zero-order valence-electron chi connectivity index (χ0n) is 14.4. The highest BCUT2D eigenvalue weighted by Gasteiger charge is 2.33. The van der Waals surface area contributed by atoms with Crippen molar-refractivity contribution < 1.29 is 13.9 Å². The maximum Gasteiger partial charge on any atom is 0.241 e. The molecule has 1 fully saturated rings. The van der Waals surface area contributed by atoms with Gasteiger partial charge in [-0.05, 0) is 13.8 Å². The first kappa shape index (κ1) is 17.0. The molecule has 0 N–H and O–H groups in total. The van der Waals surface area contributed by atoms with Crippen LogP contribution in [-0.2, 0) is 16.0 Å². The first-order chi connectivity index (χ1) is 11.5. The molecule has 0 saturated carbocycles. The average Bonchev–Trinajstić information content (AvgIpc) is 3.14. The van der Waals surface area contributed by atoms with Crippen molar-refractivity contribution in [3.8, 4) is 0 Å². The molecule has 2 aromatic heterocycles. The Labute approximate surface area is 145 Å². The van der Waals surface area contributed by atoms with Crippen molar-refractivity contribution in [2.45, 2.75) is 46.1 Å². The summed E-state index contributed by atoms with van der Waals surface area (Å²) in [6.45, 7) is 9.34. The number of nitrogens with zero attached hydrogens (tertiary/aromatic N) is 4. The standard InChI is InChI=1S/C16H22N4O3S/c1-9(2)15-18-19-16(23-15)13-8-22-6-5-20(13)14(21)7-12-10(3)24-11(4)17-12/h9,13H,5-8H2,1-4H3. The van der Waals surface area contributed by atoms with Crippen molar-refractivity contribution in [1.29, 1.82) is 0 Å². The van der Waals surface area contributed by atoms with Gasteiger partial charge >= 0.3 is 0 Å². The van der Waals surface area contributed by atoms with Crippen LogP contribution in [0.25, 0.3) is 0 Å². The van der Waals surface area contributed by atoms with Gasteiger partial charge in [0.15, 0.2) is 0 Å². The lowest BCUT2D eigenvalue weighted by Gasteiger charge is -2.33. The SMILES string of the molecule is Cc1nc(CC(=O)N2CCOCC2c2nnc(C(C)C)o2)c(C)s1. The van der Waals surface area contributed by atoms with Crippen LogP contribution in [0.1, 0.15) is 53.2 Å². The molecule has 130 valence electrons. The van der Waals surface area contributed by atoms with E-state index in [0.29, 0.717) is 31.5 Å². The van der Waals surface area contributed by atoms with Crippen LogP contribution in [0.15, 0.2) is 4.42 Å². The largest absolute Gasteiger partial charge is 0.423 e. The van der Waals surface area contributed by atoms with E-state index >= 15 is 0 Å². The highest BCUT2D eigenvalue weighted by atomic mass is 32.1. The minimum absolute atomic E-state index is 0.0148. The number of hydrogen-bond donors (Lipinski definition) is 0. The molecule has 1 aliphatic rings. The first-order valence-electron chi connectivity index (χ1n) is 8.09. The number of carbonyl (C=O) groups is 1. The monoisotopic (exact) mass is 350 g/mol. The molecule has 1 amide bonds. The van der Waals surface area contributed by atoms with E-state index in [4.69, 9.17) is 9.15 Å². The van der Waals surface area contributed by atoms with Crippen LogP contribution in [-0.4, -0.2) is 45.7 Å². The Bertz CT molecular complexity index is 725. The van der Waals surface area contributed by atoms with Gasteiger partial charge in [0.1, 0.15) is 6.04 Å². The fourth-order valence-corrected chi connectivity index (χ4v) is 3.54. The zero-order valence-corrected chi connectivity index (χ0v) is 15.2. The van der Waals surface area contributed by atoms with Crippen molar-refractivity contribution >= 4 is 17.2 Å². The van der Waals surface area contributed by atoms with Crippen LogP contribution in [0, 0.1) is 13.8 Å². The highest BCUT2D eigenvalue weighted by Crippen LogP contribution is 2.26. The number of amides is 1. The van der Waals surface area contributed by atoms with E-state index in [2.05, 4.69) is 15.2 Å². The smallest absolute Gasteiger partial charge is 0.241 e. The molecule has 3 rings (SSSR count). The number of aromatic nitrogens is 3. The van der Waals surface area contributed by atoms with Gasteiger partial charge in [0.2, 0.25) is 17.7 Å². The van der Waals surface area contributed by atoms with Gasteiger partial charge < -0.3 is 14.1 Å². The van der Waals surface area contributed by atoms with Crippen molar-refractivity contribution in [3.63, 3.8) is 0 Å². The maximum atomic E-state index is 12.8. The summed E-state index contributed by atoms with van der Waals surface area (Å²) in [7, 11) is 0. The minimum atomic E-state index is -0.328. The van der Waals surface area contributed by atoms with Gasteiger partial charge in [0.05, 0.1) is 30.3 Å². The Balaban J connectivity index is 1.78. The molecule has 1 atom stereocenters. The molecule has 2 aromatic rings. The fraction of sp³-hybridized carbons (Fsp3) is 0.625. The van der Waals surface area contributed by atoms with Crippen molar-refractivity contribution in [1.82, 2.24) is 20.1 Å². The normalized spacial score (nSPS) is 18.4. The van der Waals surface area contributed by atoms with Gasteiger partial charge in [0.25, 0.3) is 0 Å². The molecule has 1 saturated heterocycles. The third-order valence-corrected chi connectivity index (χ3v) is 4.93. The second-order valence-electron chi connectivity index (χ2n) is 6.22. The molecular weight excluding hydrogens is 328 g/mol. The zero-order chi connectivity index (χ0) is 17.3. The number of carbonyl (C=O) groups excluding carboxylic acids is 1. The summed E-state index contributed by atoms with van der Waals surface area (Å²) in [5, 5.41) is 9.16. The van der Waals surface area contributed by atoms with Gasteiger partial charge in [-0.3, -0.25) is 4.79 Å². The van der Waals surface area contributed by atoms with Gasteiger partial charge in [-0.2, -0.15) is 0 Å². The van der Waals surface area contributed by atoms with E-state index < -0.39 is 0 Å². The van der Waals surface area contributed by atoms with Crippen molar-refractivity contribution in [3.05, 3.63) is 27.4 Å². The van der Waals surface area contributed by atoms with Crippen LogP contribution in [0.2, 0.25) is 0 Å². The molecule has 0 aliphatic carbocycles. The van der Waals surface area contributed by atoms with Gasteiger partial charge in [-0.25, -0.2) is 4.98 Å². The number of thiazole rings is 1. The van der Waals surface area contributed by atoms with E-state index in [9.17, 15) is 4.79 Å². The van der Waals surface area contributed by atoms with Crippen LogP contribution in [0.5, 0.6) is 0 Å². The van der Waals surface area contributed by atoms with Crippen LogP contribution in [0.3, 0.4) is 0 Å². The predicted molar refractivity (Wildman–Crippen MR) is 89.0 cm³/mol. The van der Waals surface area contributed by atoms with E-state index in [1.54, 1.807) is 16.2 Å². The second kappa shape index (κ2) is 6.98. The molecule has 1 aliphatic heterocycles. The summed E-state index contributed by atoms with van der Waals surface area (Å²) in [6, 6.07) is -0.328. The van der Waals surface area contributed by atoms with Gasteiger partial charge in [0, 0.05) is 17.3 Å². The molecule has 3 heterocycles. The summed E-state index contributed by atoms with van der Waals surface area (Å²) < 4.78 is 11.3. The molecule has 0 radical (unpaired) electrons. The highest BCUT2D eigenvalue weighted by molar-refractivity contribution is 7.11. The topological polar surface area (TPSA) is 81.4 Å². The first-order valence-corrected chi connectivity index (χ1v) is 8.90. The van der Waals surface area contributed by atoms with Gasteiger partial charge in [-0.1, -0.05) is 13.8 Å². The third kappa shape index (κ3) is 3.49. The summed E-state index contributed by atoms with van der Waals surface area (Å²) in [5.41, 5.74) is 0.848. The van der Waals surface area contributed by atoms with E-state index in [-0.39, 0.29) is 24.3 Å². The van der Waals surface area contributed by atoms with E-state index in [1.807, 2.05) is 27.7 Å². The second-order valence-corrected chi connectivity index (χ2v) is 7.63. The number of morpholine rings is 1. The summed E-state index contributed by atoms with van der Waals surface area (Å²) >= 11 is 1.61. The van der Waals surface area contributed by atoms with Crippen LogP contribution < -0.4 is 0 Å². The lowest BCUT2D eigenvalue weighted by Crippen LogP contribution is -2.44. The van der Waals surface area contributed by atoms with E-state index in [1.165, 1.54) is 0 Å². The van der Waals surface area contributed by atoms with Gasteiger partial charge in [-0.15, -0.1) is 21.5 Å². The number of hydrogen-bond acceptors (Lipinski definition) is 7. The summed E-state index contributed by atoms with van der Waals surface area (Å²) in [6.07, 6.45) is 0.290. The molecule has 7 nitrogen and oxygen atoms in total. The molecule has 0 spiro atoms. The quantitative estimate of drug-likeness (QED) is 0.842. The lowest BCUT2D eigenvalue weighted by molar-refractivity contribution is -0.140. The van der Waals surface area contributed by atoms with Crippen LogP contribution in [0.4, 0.5) is 0 Å². The average molecular weight is 350 g/mol. The molecule has 0 bridgehead atoms. The molecule has 0 aromatic carbocycles. The van der Waals surface area contributed by atoms with Crippen molar-refractivity contribution in [2.75, 3.05) is 19.8 Å². The number of aryl methyl sites for hydroxylation is 2. The number of ether oxygens (including phenoxy) is 1. The summed E-state index contributed by atoms with van der Waals surface area (Å²) in [5.74, 6) is 1.19. The molecule has 1 unspecified atom stereocenters. The molecular formula is C16H22N4O3S. The van der Waals surface area contributed by atoms with Crippen molar-refractivity contribution in [2.24, 2.45) is 0 Å². The number of rotatable bonds is 4. The molecule has 8 heteroatoms. The Morgan fingerprint density at radius 2 is 2.17 bits per heavy atom. The minimum Gasteiger partial charge on any atom is -0.423 e. The van der Waals surface area contributed by atoms with Crippen LogP contribution >= 0.6 is 11.3 Å². The third-order valence-electron chi connectivity index (χ3n) is 4.00. The Kier molecular flexibility index (Phi) is 4.96. The summed E-state index contributed by atoms with van der Waals surface area (Å²) in [4.78, 5) is 20.1. The lowest BCUT2D eigenvalue weighted by atomic mass is 10.1. The maximum absolute atomic E-state index is 12.8. The molecule has 24 heavy (non-hydrogen) atoms. The Morgan fingerprint density at radius 1 is 1.38 bits per heavy atom. The van der Waals surface area contributed by atoms with E-state index in [0.717, 1.165) is 15.6 Å². The predicted octanol–water partition coefficient (Wildman–Crippen LogP) is 2.41. The Morgan fingerprint density at radius 3 is 2.79 bits per heavy atom.